The van der Waals surface area contributed by atoms with Crippen molar-refractivity contribution in [1.29, 1.82) is 10.5 Å². The normalized spacial score (nSPS) is 26.4. The van der Waals surface area contributed by atoms with Gasteiger partial charge in [-0.15, -0.1) is 0 Å². The van der Waals surface area contributed by atoms with Gasteiger partial charge in [0.15, 0.2) is 0 Å². The van der Waals surface area contributed by atoms with Crippen LogP contribution in [0.15, 0.2) is 24.3 Å². The molecule has 2 saturated heterocycles. The van der Waals surface area contributed by atoms with Crippen molar-refractivity contribution in [3.8, 4) is 12.1 Å². The molecule has 4 nitrogen and oxygen atoms in total. The van der Waals surface area contributed by atoms with Gasteiger partial charge < -0.3 is 4.90 Å². The second-order valence-electron chi connectivity index (χ2n) is 5.66. The van der Waals surface area contributed by atoms with E-state index in [-0.39, 0.29) is 5.92 Å². The van der Waals surface area contributed by atoms with Crippen molar-refractivity contribution < 1.29 is 0 Å². The standard InChI is InChI=1S/C16H18N4/c17-9-13-2-1-3-15(8-13)20-7-5-16(12-20)19-6-4-14(10-18)11-19/h1-3,8,14,16H,4-7,11-12H2. The molecule has 0 radical (unpaired) electrons. The van der Waals surface area contributed by atoms with Crippen LogP contribution in [-0.2, 0) is 0 Å². The summed E-state index contributed by atoms with van der Waals surface area (Å²) in [6, 6.07) is 13.0. The van der Waals surface area contributed by atoms with Crippen LogP contribution in [0.3, 0.4) is 0 Å². The molecule has 4 heteroatoms. The molecule has 0 N–H and O–H groups in total. The Morgan fingerprint density at radius 1 is 1.10 bits per heavy atom. The second kappa shape index (κ2) is 5.53. The van der Waals surface area contributed by atoms with Crippen LogP contribution >= 0.6 is 0 Å². The lowest BCUT2D eigenvalue weighted by atomic mass is 10.1. The highest BCUT2D eigenvalue weighted by atomic mass is 15.3. The Balaban J connectivity index is 1.65. The fourth-order valence-electron chi connectivity index (χ4n) is 3.27. The van der Waals surface area contributed by atoms with Gasteiger partial charge in [-0.2, -0.15) is 10.5 Å². The highest BCUT2D eigenvalue weighted by Gasteiger charge is 2.32. The van der Waals surface area contributed by atoms with Gasteiger partial charge in [-0.25, -0.2) is 0 Å². The van der Waals surface area contributed by atoms with E-state index < -0.39 is 0 Å². The quantitative estimate of drug-likeness (QED) is 0.821. The number of nitrogens with zero attached hydrogens (tertiary/aromatic N) is 4. The molecule has 2 aliphatic rings. The Hall–Kier alpha value is -2.04. The summed E-state index contributed by atoms with van der Waals surface area (Å²) in [4.78, 5) is 4.81. The Morgan fingerprint density at radius 2 is 2.00 bits per heavy atom. The van der Waals surface area contributed by atoms with Crippen molar-refractivity contribution >= 4 is 5.69 Å². The minimum atomic E-state index is 0.214. The summed E-state index contributed by atoms with van der Waals surface area (Å²) in [6.07, 6.45) is 2.16. The maximum Gasteiger partial charge on any atom is 0.0992 e. The van der Waals surface area contributed by atoms with Crippen LogP contribution in [0.2, 0.25) is 0 Å². The zero-order valence-electron chi connectivity index (χ0n) is 11.5. The van der Waals surface area contributed by atoms with Gasteiger partial charge in [0, 0.05) is 31.4 Å². The molecule has 0 spiro atoms. The summed E-state index contributed by atoms with van der Waals surface area (Å²) in [5.74, 6) is 0.214. The lowest BCUT2D eigenvalue weighted by Gasteiger charge is -2.24. The number of rotatable bonds is 2. The lowest BCUT2D eigenvalue weighted by molar-refractivity contribution is 0.255. The highest BCUT2D eigenvalue weighted by molar-refractivity contribution is 5.52. The van der Waals surface area contributed by atoms with E-state index in [1.165, 1.54) is 0 Å². The van der Waals surface area contributed by atoms with E-state index in [2.05, 4.69) is 28.0 Å². The summed E-state index contributed by atoms with van der Waals surface area (Å²) < 4.78 is 0. The Bertz CT molecular complexity index is 569. The molecule has 2 unspecified atom stereocenters. The lowest BCUT2D eigenvalue weighted by Crippen LogP contribution is -2.35. The maximum atomic E-state index is 9.00. The average molecular weight is 266 g/mol. The number of anilines is 1. The zero-order valence-corrected chi connectivity index (χ0v) is 11.5. The Kier molecular flexibility index (Phi) is 3.58. The molecule has 102 valence electrons. The fraction of sp³-hybridized carbons (Fsp3) is 0.500. The van der Waals surface area contributed by atoms with Crippen LogP contribution in [0.4, 0.5) is 5.69 Å². The van der Waals surface area contributed by atoms with Gasteiger partial charge in [0.25, 0.3) is 0 Å². The second-order valence-corrected chi connectivity index (χ2v) is 5.66. The van der Waals surface area contributed by atoms with E-state index in [9.17, 15) is 0 Å². The first-order valence-electron chi connectivity index (χ1n) is 7.19. The Morgan fingerprint density at radius 3 is 2.75 bits per heavy atom. The minimum absolute atomic E-state index is 0.214. The molecule has 1 aromatic carbocycles. The molecule has 3 rings (SSSR count). The fourth-order valence-corrected chi connectivity index (χ4v) is 3.27. The molecule has 0 aromatic heterocycles. The van der Waals surface area contributed by atoms with Crippen LogP contribution in [0, 0.1) is 28.6 Å². The zero-order chi connectivity index (χ0) is 13.9. The van der Waals surface area contributed by atoms with Gasteiger partial charge in [-0.3, -0.25) is 4.90 Å². The molecule has 2 aliphatic heterocycles. The van der Waals surface area contributed by atoms with Crippen LogP contribution in [0.5, 0.6) is 0 Å². The first kappa shape index (κ1) is 13.0. The average Bonchev–Trinajstić information content (AvgIpc) is 3.15. The van der Waals surface area contributed by atoms with E-state index in [1.54, 1.807) is 0 Å². The monoisotopic (exact) mass is 266 g/mol. The largest absolute Gasteiger partial charge is 0.370 e. The van der Waals surface area contributed by atoms with Gasteiger partial charge in [-0.1, -0.05) is 6.07 Å². The predicted octanol–water partition coefficient (Wildman–Crippen LogP) is 1.98. The minimum Gasteiger partial charge on any atom is -0.370 e. The highest BCUT2D eigenvalue weighted by Crippen LogP contribution is 2.27. The molecule has 1 aromatic rings. The molecule has 0 aliphatic carbocycles. The van der Waals surface area contributed by atoms with E-state index in [4.69, 9.17) is 10.5 Å². The molecule has 2 atom stereocenters. The third kappa shape index (κ3) is 2.48. The summed E-state index contributed by atoms with van der Waals surface area (Å²) in [7, 11) is 0. The summed E-state index contributed by atoms with van der Waals surface area (Å²) in [5.41, 5.74) is 1.86. The first-order chi connectivity index (χ1) is 9.80. The van der Waals surface area contributed by atoms with Gasteiger partial charge in [-0.05, 0) is 37.6 Å². The third-order valence-corrected chi connectivity index (χ3v) is 4.42. The topological polar surface area (TPSA) is 54.1 Å². The van der Waals surface area contributed by atoms with Gasteiger partial charge >= 0.3 is 0 Å². The summed E-state index contributed by atoms with van der Waals surface area (Å²) >= 11 is 0. The number of likely N-dealkylation sites (tertiary alicyclic amines) is 1. The molecule has 0 amide bonds. The van der Waals surface area contributed by atoms with E-state index >= 15 is 0 Å². The van der Waals surface area contributed by atoms with Crippen molar-refractivity contribution in [3.05, 3.63) is 29.8 Å². The van der Waals surface area contributed by atoms with Crippen molar-refractivity contribution in [3.63, 3.8) is 0 Å². The van der Waals surface area contributed by atoms with Gasteiger partial charge in [0.05, 0.1) is 23.6 Å². The van der Waals surface area contributed by atoms with E-state index in [0.717, 1.165) is 50.3 Å². The van der Waals surface area contributed by atoms with E-state index in [1.807, 2.05) is 18.2 Å². The van der Waals surface area contributed by atoms with Crippen LogP contribution in [0.1, 0.15) is 18.4 Å². The van der Waals surface area contributed by atoms with Crippen molar-refractivity contribution in [2.24, 2.45) is 5.92 Å². The molecule has 2 heterocycles. The van der Waals surface area contributed by atoms with E-state index in [0.29, 0.717) is 6.04 Å². The number of benzene rings is 1. The van der Waals surface area contributed by atoms with Crippen LogP contribution in [0.25, 0.3) is 0 Å². The molecule has 0 bridgehead atoms. The third-order valence-electron chi connectivity index (χ3n) is 4.42. The smallest absolute Gasteiger partial charge is 0.0992 e. The van der Waals surface area contributed by atoms with Gasteiger partial charge in [0.1, 0.15) is 0 Å². The summed E-state index contributed by atoms with van der Waals surface area (Å²) in [5, 5.41) is 18.0. The van der Waals surface area contributed by atoms with Crippen molar-refractivity contribution in [2.75, 3.05) is 31.1 Å². The SMILES string of the molecule is N#Cc1cccc(N2CCC(N3CCC(C#N)C3)C2)c1. The molecular formula is C16H18N4. The van der Waals surface area contributed by atoms with Crippen molar-refractivity contribution in [2.45, 2.75) is 18.9 Å². The van der Waals surface area contributed by atoms with Crippen LogP contribution < -0.4 is 4.90 Å². The number of hydrogen-bond acceptors (Lipinski definition) is 4. The van der Waals surface area contributed by atoms with Crippen molar-refractivity contribution in [1.82, 2.24) is 4.90 Å². The number of nitriles is 2. The number of hydrogen-bond donors (Lipinski definition) is 0. The Labute approximate surface area is 119 Å². The first-order valence-corrected chi connectivity index (χ1v) is 7.19. The molecule has 0 saturated carbocycles. The summed E-state index contributed by atoms with van der Waals surface area (Å²) in [6.45, 7) is 4.02. The predicted molar refractivity (Wildman–Crippen MR) is 77.1 cm³/mol. The molecule has 20 heavy (non-hydrogen) atoms. The molecular weight excluding hydrogens is 248 g/mol. The molecule has 2 fully saturated rings. The van der Waals surface area contributed by atoms with Gasteiger partial charge in [0.2, 0.25) is 0 Å². The van der Waals surface area contributed by atoms with Crippen LogP contribution in [-0.4, -0.2) is 37.1 Å². The maximum absolute atomic E-state index is 9.00.